The summed E-state index contributed by atoms with van der Waals surface area (Å²) >= 11 is 0. The molecule has 1 unspecified atom stereocenters. The number of rotatable bonds is 5. The van der Waals surface area contributed by atoms with Crippen molar-refractivity contribution in [3.05, 3.63) is 6.20 Å². The van der Waals surface area contributed by atoms with Gasteiger partial charge in [0.15, 0.2) is 0 Å². The molecule has 0 aliphatic carbocycles. The lowest BCUT2D eigenvalue weighted by Crippen LogP contribution is -2.17. The van der Waals surface area contributed by atoms with Gasteiger partial charge >= 0.3 is 0 Å². The minimum Gasteiger partial charge on any atom is -0.394 e. The molecule has 0 aromatic carbocycles. The van der Waals surface area contributed by atoms with Crippen molar-refractivity contribution in [2.24, 2.45) is 0 Å². The van der Waals surface area contributed by atoms with Crippen molar-refractivity contribution < 1.29 is 13.0 Å². The third-order valence-electron chi connectivity index (χ3n) is 2.40. The summed E-state index contributed by atoms with van der Waals surface area (Å²) in [7, 11) is -3.95. The van der Waals surface area contributed by atoms with Crippen LogP contribution in [0, 0.1) is 0 Å². The van der Waals surface area contributed by atoms with Crippen molar-refractivity contribution in [3.8, 4) is 0 Å². The van der Waals surface area contributed by atoms with E-state index >= 15 is 0 Å². The molecule has 16 heavy (non-hydrogen) atoms. The quantitative estimate of drug-likeness (QED) is 0.635. The lowest BCUT2D eigenvalue weighted by molar-refractivity contribution is 0.458. The van der Waals surface area contributed by atoms with Gasteiger partial charge in [-0.3, -0.25) is 4.55 Å². The first-order chi connectivity index (χ1) is 7.32. The lowest BCUT2D eigenvalue weighted by atomic mass is 10.2. The van der Waals surface area contributed by atoms with Gasteiger partial charge in [-0.2, -0.15) is 13.5 Å². The Morgan fingerprint density at radius 3 is 2.62 bits per heavy atom. The molecule has 0 aliphatic heterocycles. The molecule has 8 heteroatoms. The van der Waals surface area contributed by atoms with E-state index in [1.807, 2.05) is 0 Å². The van der Waals surface area contributed by atoms with Crippen LogP contribution in [0.25, 0.3) is 0 Å². The van der Waals surface area contributed by atoms with Crippen LogP contribution in [0.5, 0.6) is 0 Å². The zero-order valence-corrected chi connectivity index (χ0v) is 9.81. The normalized spacial score (nSPS) is 13.9. The van der Waals surface area contributed by atoms with E-state index in [1.54, 1.807) is 0 Å². The first-order valence-corrected chi connectivity index (χ1v) is 6.35. The van der Waals surface area contributed by atoms with Crippen molar-refractivity contribution in [1.29, 1.82) is 0 Å². The number of anilines is 2. The summed E-state index contributed by atoms with van der Waals surface area (Å²) in [5.41, 5.74) is 11.5. The molecule has 0 fully saturated rings. The van der Waals surface area contributed by atoms with Gasteiger partial charge in [0, 0.05) is 6.54 Å². The molecule has 1 atom stereocenters. The third kappa shape index (κ3) is 3.11. The highest BCUT2D eigenvalue weighted by Crippen LogP contribution is 2.14. The van der Waals surface area contributed by atoms with Gasteiger partial charge in [0.2, 0.25) is 0 Å². The topological polar surface area (TPSA) is 124 Å². The van der Waals surface area contributed by atoms with Gasteiger partial charge in [-0.15, -0.1) is 0 Å². The molecular formula is C8H16N4O3S. The maximum atomic E-state index is 10.7. The summed E-state index contributed by atoms with van der Waals surface area (Å²) in [6.07, 6.45) is 2.34. The summed E-state index contributed by atoms with van der Waals surface area (Å²) in [5, 5.41) is 3.15. The fourth-order valence-corrected chi connectivity index (χ4v) is 1.73. The molecule has 1 aromatic heterocycles. The second kappa shape index (κ2) is 4.71. The SMILES string of the molecule is CC(CCCn1ncc(N)c1N)S(=O)(=O)O. The smallest absolute Gasteiger partial charge is 0.267 e. The summed E-state index contributed by atoms with van der Waals surface area (Å²) in [6, 6.07) is 0. The molecule has 0 bridgehead atoms. The standard InChI is InChI=1S/C8H16N4O3S/c1-6(16(13,14)15)3-2-4-12-8(10)7(9)5-11-12/h5-6H,2-4,9-10H2,1H3,(H,13,14,15). The van der Waals surface area contributed by atoms with E-state index in [4.69, 9.17) is 16.0 Å². The van der Waals surface area contributed by atoms with E-state index in [2.05, 4.69) is 5.10 Å². The molecule has 5 N–H and O–H groups in total. The van der Waals surface area contributed by atoms with Crippen LogP contribution >= 0.6 is 0 Å². The zero-order chi connectivity index (χ0) is 12.3. The Bertz CT molecular complexity index is 454. The van der Waals surface area contributed by atoms with Crippen LogP contribution in [-0.4, -0.2) is 28.0 Å². The molecule has 0 amide bonds. The van der Waals surface area contributed by atoms with Crippen LogP contribution in [-0.2, 0) is 16.7 Å². The largest absolute Gasteiger partial charge is 0.394 e. The predicted molar refractivity (Wildman–Crippen MR) is 61.3 cm³/mol. The summed E-state index contributed by atoms with van der Waals surface area (Å²) < 4.78 is 31.7. The fraction of sp³-hybridized carbons (Fsp3) is 0.625. The van der Waals surface area contributed by atoms with Gasteiger partial charge in [0.05, 0.1) is 17.1 Å². The monoisotopic (exact) mass is 248 g/mol. The number of nitrogens with zero attached hydrogens (tertiary/aromatic N) is 2. The Labute approximate surface area is 94.2 Å². The van der Waals surface area contributed by atoms with Crippen LogP contribution in [0.2, 0.25) is 0 Å². The van der Waals surface area contributed by atoms with Crippen LogP contribution in [0.3, 0.4) is 0 Å². The Hall–Kier alpha value is -1.28. The van der Waals surface area contributed by atoms with Crippen molar-refractivity contribution >= 4 is 21.6 Å². The first-order valence-electron chi connectivity index (χ1n) is 4.85. The molecular weight excluding hydrogens is 232 g/mol. The van der Waals surface area contributed by atoms with Crippen LogP contribution < -0.4 is 11.5 Å². The first kappa shape index (κ1) is 12.8. The second-order valence-corrected chi connectivity index (χ2v) is 5.51. The van der Waals surface area contributed by atoms with Gasteiger partial charge in [-0.1, -0.05) is 0 Å². The van der Waals surface area contributed by atoms with E-state index in [0.717, 1.165) is 0 Å². The number of nitrogens with two attached hydrogens (primary N) is 2. The summed E-state index contributed by atoms with van der Waals surface area (Å²) in [5.74, 6) is 0.375. The maximum Gasteiger partial charge on any atom is 0.267 e. The second-order valence-electron chi connectivity index (χ2n) is 3.68. The highest BCUT2D eigenvalue weighted by Gasteiger charge is 2.16. The summed E-state index contributed by atoms with van der Waals surface area (Å²) in [6.45, 7) is 1.93. The molecule has 92 valence electrons. The van der Waals surface area contributed by atoms with E-state index in [0.29, 0.717) is 30.9 Å². The molecule has 0 radical (unpaired) electrons. The third-order valence-corrected chi connectivity index (χ3v) is 3.65. The highest BCUT2D eigenvalue weighted by atomic mass is 32.2. The van der Waals surface area contributed by atoms with E-state index < -0.39 is 15.4 Å². The predicted octanol–water partition coefficient (Wildman–Crippen LogP) is 0.104. The van der Waals surface area contributed by atoms with Gasteiger partial charge in [0.1, 0.15) is 5.82 Å². The molecule has 7 nitrogen and oxygen atoms in total. The minimum atomic E-state index is -3.95. The molecule has 1 aromatic rings. The Balaban J connectivity index is 2.45. The number of nitrogen functional groups attached to an aromatic ring is 2. The van der Waals surface area contributed by atoms with Gasteiger partial charge in [-0.05, 0) is 19.8 Å². The number of aryl methyl sites for hydroxylation is 1. The number of aromatic nitrogens is 2. The summed E-state index contributed by atoms with van der Waals surface area (Å²) in [4.78, 5) is 0. The van der Waals surface area contributed by atoms with E-state index in [1.165, 1.54) is 17.8 Å². The minimum absolute atomic E-state index is 0.345. The van der Waals surface area contributed by atoms with Crippen LogP contribution in [0.4, 0.5) is 11.5 Å². The average Bonchev–Trinajstić information content (AvgIpc) is 2.48. The van der Waals surface area contributed by atoms with Crippen molar-refractivity contribution in [2.75, 3.05) is 11.5 Å². The van der Waals surface area contributed by atoms with Crippen molar-refractivity contribution in [3.63, 3.8) is 0 Å². The number of hydrogen-bond donors (Lipinski definition) is 3. The molecule has 1 rings (SSSR count). The average molecular weight is 248 g/mol. The zero-order valence-electron chi connectivity index (χ0n) is 9.00. The number of hydrogen-bond acceptors (Lipinski definition) is 5. The van der Waals surface area contributed by atoms with E-state index in [9.17, 15) is 8.42 Å². The van der Waals surface area contributed by atoms with Crippen molar-refractivity contribution in [1.82, 2.24) is 9.78 Å². The molecule has 0 saturated carbocycles. The van der Waals surface area contributed by atoms with Crippen LogP contribution in [0.1, 0.15) is 19.8 Å². The molecule has 0 aliphatic rings. The molecule has 0 spiro atoms. The molecule has 1 heterocycles. The maximum absolute atomic E-state index is 10.7. The van der Waals surface area contributed by atoms with Gasteiger partial charge < -0.3 is 11.5 Å². The van der Waals surface area contributed by atoms with Gasteiger partial charge in [-0.25, -0.2) is 4.68 Å². The lowest BCUT2D eigenvalue weighted by Gasteiger charge is -2.08. The molecule has 0 saturated heterocycles. The fourth-order valence-electron chi connectivity index (χ4n) is 1.26. The highest BCUT2D eigenvalue weighted by molar-refractivity contribution is 7.86. The van der Waals surface area contributed by atoms with Gasteiger partial charge in [0.25, 0.3) is 10.1 Å². The Kier molecular flexibility index (Phi) is 3.76. The van der Waals surface area contributed by atoms with E-state index in [-0.39, 0.29) is 0 Å². The Morgan fingerprint density at radius 2 is 2.19 bits per heavy atom. The Morgan fingerprint density at radius 1 is 1.56 bits per heavy atom. The van der Waals surface area contributed by atoms with Crippen LogP contribution in [0.15, 0.2) is 6.20 Å². The van der Waals surface area contributed by atoms with Crippen molar-refractivity contribution in [2.45, 2.75) is 31.6 Å².